The predicted octanol–water partition coefficient (Wildman–Crippen LogP) is 2.34. The molecular weight excluding hydrogens is 465 g/mol. The van der Waals surface area contributed by atoms with E-state index < -0.39 is 16.0 Å². The van der Waals surface area contributed by atoms with Crippen LogP contribution in [0.4, 0.5) is 15.9 Å². The Morgan fingerprint density at radius 2 is 1.88 bits per heavy atom. The summed E-state index contributed by atoms with van der Waals surface area (Å²) in [5.74, 6) is 0.619. The molecule has 0 radical (unpaired) electrons. The number of sulfonamides is 1. The van der Waals surface area contributed by atoms with Gasteiger partial charge < -0.3 is 9.80 Å². The van der Waals surface area contributed by atoms with Crippen molar-refractivity contribution < 1.29 is 12.8 Å². The number of anilines is 2. The maximum atomic E-state index is 14.5. The second kappa shape index (κ2) is 8.58. The summed E-state index contributed by atoms with van der Waals surface area (Å²) in [5, 5.41) is 1.92. The molecule has 1 unspecified atom stereocenters. The highest BCUT2D eigenvalue weighted by Gasteiger charge is 2.29. The highest BCUT2D eigenvalue weighted by Crippen LogP contribution is 2.34. The SMILES string of the molecule is CC1c2cnc(-c3cscn3)nc2CCN1c1cc(N2CCN(S(C)(=O)=O)CC2)cc(F)n1. The average molecular weight is 490 g/mol. The third-order valence-corrected chi connectivity index (χ3v) is 8.09. The van der Waals surface area contributed by atoms with Crippen molar-refractivity contribution in [1.82, 2.24) is 24.2 Å². The number of pyridine rings is 1. The molecule has 1 fully saturated rings. The van der Waals surface area contributed by atoms with Gasteiger partial charge in [-0.3, -0.25) is 0 Å². The van der Waals surface area contributed by atoms with Crippen LogP contribution in [-0.2, 0) is 16.4 Å². The zero-order valence-corrected chi connectivity index (χ0v) is 20.0. The first-order valence-corrected chi connectivity index (χ1v) is 13.5. The van der Waals surface area contributed by atoms with Gasteiger partial charge in [0.15, 0.2) is 5.82 Å². The molecule has 0 N–H and O–H groups in total. The number of fused-ring (bicyclic) bond motifs is 1. The summed E-state index contributed by atoms with van der Waals surface area (Å²) in [6.45, 7) is 4.46. The number of piperazine rings is 1. The van der Waals surface area contributed by atoms with Gasteiger partial charge in [-0.1, -0.05) is 0 Å². The van der Waals surface area contributed by atoms with Gasteiger partial charge in [0.05, 0.1) is 23.5 Å². The van der Waals surface area contributed by atoms with E-state index in [-0.39, 0.29) is 6.04 Å². The molecule has 174 valence electrons. The Morgan fingerprint density at radius 1 is 1.09 bits per heavy atom. The van der Waals surface area contributed by atoms with Gasteiger partial charge in [-0.2, -0.15) is 8.70 Å². The Morgan fingerprint density at radius 3 is 2.58 bits per heavy atom. The predicted molar refractivity (Wildman–Crippen MR) is 125 cm³/mol. The summed E-state index contributed by atoms with van der Waals surface area (Å²) in [4.78, 5) is 21.7. The van der Waals surface area contributed by atoms with E-state index in [0.717, 1.165) is 17.0 Å². The monoisotopic (exact) mass is 489 g/mol. The lowest BCUT2D eigenvalue weighted by Gasteiger charge is -2.37. The topological polar surface area (TPSA) is 95.4 Å². The molecule has 0 aromatic carbocycles. The average Bonchev–Trinajstić information content (AvgIpc) is 3.33. The smallest absolute Gasteiger partial charge is 0.216 e. The second-order valence-electron chi connectivity index (χ2n) is 8.24. The van der Waals surface area contributed by atoms with Crippen LogP contribution < -0.4 is 9.80 Å². The lowest BCUT2D eigenvalue weighted by Crippen LogP contribution is -2.48. The largest absolute Gasteiger partial charge is 0.369 e. The van der Waals surface area contributed by atoms with Crippen molar-refractivity contribution in [2.75, 3.05) is 48.8 Å². The molecule has 1 atom stereocenters. The maximum absolute atomic E-state index is 14.5. The van der Waals surface area contributed by atoms with Gasteiger partial charge in [-0.15, -0.1) is 11.3 Å². The first kappa shape index (κ1) is 22.1. The normalized spacial score (nSPS) is 19.5. The number of nitrogens with zero attached hydrogens (tertiary/aromatic N) is 7. The number of hydrogen-bond acceptors (Lipinski definition) is 9. The van der Waals surface area contributed by atoms with E-state index in [9.17, 15) is 12.8 Å². The van der Waals surface area contributed by atoms with Gasteiger partial charge in [-0.05, 0) is 6.92 Å². The van der Waals surface area contributed by atoms with Crippen molar-refractivity contribution in [2.45, 2.75) is 19.4 Å². The van der Waals surface area contributed by atoms with E-state index in [1.165, 1.54) is 28.0 Å². The molecule has 2 aliphatic heterocycles. The van der Waals surface area contributed by atoms with Gasteiger partial charge >= 0.3 is 0 Å². The molecule has 3 aromatic heterocycles. The number of hydrogen-bond donors (Lipinski definition) is 0. The van der Waals surface area contributed by atoms with E-state index in [4.69, 9.17) is 4.98 Å². The quantitative estimate of drug-likeness (QED) is 0.516. The van der Waals surface area contributed by atoms with E-state index >= 15 is 0 Å². The number of rotatable bonds is 4. The number of aromatic nitrogens is 4. The summed E-state index contributed by atoms with van der Waals surface area (Å²) in [6.07, 6.45) is 3.74. The molecule has 5 rings (SSSR count). The molecule has 0 bridgehead atoms. The molecule has 0 aliphatic carbocycles. The van der Waals surface area contributed by atoms with Crippen molar-refractivity contribution in [1.29, 1.82) is 0 Å². The summed E-state index contributed by atoms with van der Waals surface area (Å²) < 4.78 is 39.6. The van der Waals surface area contributed by atoms with Crippen LogP contribution in [0, 0.1) is 5.95 Å². The van der Waals surface area contributed by atoms with Crippen molar-refractivity contribution >= 4 is 32.9 Å². The van der Waals surface area contributed by atoms with E-state index in [0.29, 0.717) is 56.5 Å². The van der Waals surface area contributed by atoms with E-state index in [1.807, 2.05) is 29.5 Å². The fraction of sp³-hybridized carbons (Fsp3) is 0.429. The minimum absolute atomic E-state index is 0.0672. The van der Waals surface area contributed by atoms with Crippen LogP contribution in [0.3, 0.4) is 0 Å². The molecule has 9 nitrogen and oxygen atoms in total. The standard InChI is InChI=1S/C21H24FN7O2S2/c1-14-16-11-23-21(18-12-32-13-24-18)25-17(16)3-4-29(14)20-10-15(9-19(22)26-20)27-5-7-28(8-6-27)33(2,30)31/h9-14H,3-8H2,1-2H3. The molecule has 33 heavy (non-hydrogen) atoms. The van der Waals surface area contributed by atoms with Crippen LogP contribution in [0.5, 0.6) is 0 Å². The highest BCUT2D eigenvalue weighted by molar-refractivity contribution is 7.88. The minimum Gasteiger partial charge on any atom is -0.369 e. The van der Waals surface area contributed by atoms with Crippen molar-refractivity contribution in [2.24, 2.45) is 0 Å². The number of halogens is 1. The Kier molecular flexibility index (Phi) is 5.75. The summed E-state index contributed by atoms with van der Waals surface area (Å²) in [6, 6.07) is 3.22. The third-order valence-electron chi connectivity index (χ3n) is 6.20. The Balaban J connectivity index is 1.38. The van der Waals surface area contributed by atoms with Crippen molar-refractivity contribution in [3.63, 3.8) is 0 Å². The van der Waals surface area contributed by atoms with Crippen LogP contribution in [0.25, 0.3) is 11.5 Å². The Hall–Kier alpha value is -2.70. The lowest BCUT2D eigenvalue weighted by molar-refractivity contribution is 0.387. The summed E-state index contributed by atoms with van der Waals surface area (Å²) >= 11 is 1.51. The molecule has 0 amide bonds. The fourth-order valence-corrected chi connectivity index (χ4v) is 5.76. The molecule has 1 saturated heterocycles. The molecule has 3 aromatic rings. The van der Waals surface area contributed by atoms with Crippen molar-refractivity contribution in [3.05, 3.63) is 46.4 Å². The fourth-order valence-electron chi connectivity index (χ4n) is 4.40. The molecule has 2 aliphatic rings. The van der Waals surface area contributed by atoms with Crippen LogP contribution >= 0.6 is 11.3 Å². The molecule has 12 heteroatoms. The van der Waals surface area contributed by atoms with E-state index in [1.54, 1.807) is 5.51 Å². The molecule has 0 saturated carbocycles. The second-order valence-corrected chi connectivity index (χ2v) is 10.9. The molecule has 5 heterocycles. The Bertz CT molecular complexity index is 1260. The zero-order chi connectivity index (χ0) is 23.2. The first-order valence-electron chi connectivity index (χ1n) is 10.7. The third kappa shape index (κ3) is 4.42. The van der Waals surface area contributed by atoms with Gasteiger partial charge in [0.25, 0.3) is 0 Å². The van der Waals surface area contributed by atoms with Crippen LogP contribution in [-0.4, -0.2) is 71.6 Å². The maximum Gasteiger partial charge on any atom is 0.216 e. The van der Waals surface area contributed by atoms with Crippen LogP contribution in [0.1, 0.15) is 24.2 Å². The molecular formula is C21H24FN7O2S2. The first-order chi connectivity index (χ1) is 15.8. The summed E-state index contributed by atoms with van der Waals surface area (Å²) in [7, 11) is -3.22. The van der Waals surface area contributed by atoms with E-state index in [2.05, 4.69) is 19.9 Å². The zero-order valence-electron chi connectivity index (χ0n) is 18.3. The molecule has 0 spiro atoms. The summed E-state index contributed by atoms with van der Waals surface area (Å²) in [5.41, 5.74) is 5.21. The highest BCUT2D eigenvalue weighted by atomic mass is 32.2. The van der Waals surface area contributed by atoms with Gasteiger partial charge in [0.2, 0.25) is 16.0 Å². The Labute approximate surface area is 196 Å². The van der Waals surface area contributed by atoms with Gasteiger partial charge in [-0.25, -0.2) is 28.4 Å². The van der Waals surface area contributed by atoms with Crippen molar-refractivity contribution in [3.8, 4) is 11.5 Å². The number of thiazole rings is 1. The van der Waals surface area contributed by atoms with Gasteiger partial charge in [0, 0.05) is 74.1 Å². The van der Waals surface area contributed by atoms with Crippen LogP contribution in [0.2, 0.25) is 0 Å². The minimum atomic E-state index is -3.22. The van der Waals surface area contributed by atoms with Crippen LogP contribution in [0.15, 0.2) is 29.2 Å². The lowest BCUT2D eigenvalue weighted by atomic mass is 9.99. The van der Waals surface area contributed by atoms with Gasteiger partial charge in [0.1, 0.15) is 11.5 Å².